The van der Waals surface area contributed by atoms with E-state index in [-0.39, 0.29) is 37.1 Å². The Balaban J connectivity index is 2.45. The zero-order valence-electron chi connectivity index (χ0n) is 11.1. The number of nitrogens with two attached hydrogens (primary N) is 1. The Bertz CT molecular complexity index is 379. The maximum Gasteiger partial charge on any atom is 0.220 e. The lowest BCUT2D eigenvalue weighted by Crippen LogP contribution is -2.43. The third kappa shape index (κ3) is 6.15. The number of ether oxygens (including phenoxy) is 1. The molecule has 0 aliphatic carbocycles. The highest BCUT2D eigenvalue weighted by atomic mass is 16.5. The minimum Gasteiger partial charge on any atom is -0.370 e. The van der Waals surface area contributed by atoms with Gasteiger partial charge in [-0.25, -0.2) is 0 Å². The van der Waals surface area contributed by atoms with Gasteiger partial charge in [0, 0.05) is 12.8 Å². The van der Waals surface area contributed by atoms with Crippen LogP contribution in [0.1, 0.15) is 26.2 Å². The molecule has 0 radical (unpaired) electrons. The first-order chi connectivity index (χ1) is 8.99. The second-order valence-corrected chi connectivity index (χ2v) is 4.79. The summed E-state index contributed by atoms with van der Waals surface area (Å²) in [5.41, 5.74) is 5.06. The van der Waals surface area contributed by atoms with E-state index in [1.165, 1.54) is 0 Å². The van der Waals surface area contributed by atoms with E-state index >= 15 is 0 Å². The van der Waals surface area contributed by atoms with Crippen molar-refractivity contribution in [3.8, 4) is 0 Å². The topological polar surface area (TPSA) is 98.5 Å². The Kier molecular flexibility index (Phi) is 6.21. The van der Waals surface area contributed by atoms with Crippen LogP contribution in [0.4, 0.5) is 0 Å². The van der Waals surface area contributed by atoms with Gasteiger partial charge in [-0.1, -0.05) is 19.1 Å². The lowest BCUT2D eigenvalue weighted by atomic mass is 10.0. The van der Waals surface area contributed by atoms with Crippen molar-refractivity contribution in [2.45, 2.75) is 32.2 Å². The van der Waals surface area contributed by atoms with E-state index in [1.54, 1.807) is 6.92 Å². The smallest absolute Gasteiger partial charge is 0.220 e. The number of Topliss-reactive ketones (excluding diaryl/α,β-unsaturated/α-hetero) is 1. The summed E-state index contributed by atoms with van der Waals surface area (Å²) in [6.07, 6.45) is 4.45. The molecule has 6 nitrogen and oxygen atoms in total. The Labute approximate surface area is 112 Å². The van der Waals surface area contributed by atoms with Crippen LogP contribution >= 0.6 is 0 Å². The zero-order chi connectivity index (χ0) is 14.3. The van der Waals surface area contributed by atoms with Gasteiger partial charge >= 0.3 is 0 Å². The Morgan fingerprint density at radius 2 is 2.21 bits per heavy atom. The van der Waals surface area contributed by atoms with Crippen LogP contribution in [0.3, 0.4) is 0 Å². The fourth-order valence-electron chi connectivity index (χ4n) is 1.88. The summed E-state index contributed by atoms with van der Waals surface area (Å²) in [6, 6.07) is -0.551. The molecule has 0 bridgehead atoms. The molecule has 0 saturated heterocycles. The molecular formula is C13H20N2O4. The third-order valence-corrected chi connectivity index (χ3v) is 2.80. The van der Waals surface area contributed by atoms with Crippen molar-refractivity contribution in [2.24, 2.45) is 11.7 Å². The molecule has 2 atom stereocenters. The van der Waals surface area contributed by atoms with Crippen LogP contribution in [-0.2, 0) is 19.1 Å². The molecule has 106 valence electrons. The van der Waals surface area contributed by atoms with Crippen LogP contribution in [0.15, 0.2) is 12.2 Å². The SMILES string of the molecule is C[C@@H](CC(N)=O)CC(=O)N[C@H]1CC=CCOCC1=O. The van der Waals surface area contributed by atoms with Gasteiger partial charge in [-0.05, 0) is 12.3 Å². The molecule has 3 N–H and O–H groups in total. The van der Waals surface area contributed by atoms with Crippen LogP contribution in [0.2, 0.25) is 0 Å². The minimum atomic E-state index is -0.551. The lowest BCUT2D eigenvalue weighted by Gasteiger charge is -2.18. The summed E-state index contributed by atoms with van der Waals surface area (Å²) in [7, 11) is 0. The van der Waals surface area contributed by atoms with Crippen LogP contribution in [0, 0.1) is 5.92 Å². The molecule has 1 aliphatic heterocycles. The van der Waals surface area contributed by atoms with Gasteiger partial charge in [0.15, 0.2) is 5.78 Å². The maximum absolute atomic E-state index is 11.8. The molecule has 0 aromatic carbocycles. The largest absolute Gasteiger partial charge is 0.370 e. The van der Waals surface area contributed by atoms with E-state index in [9.17, 15) is 14.4 Å². The summed E-state index contributed by atoms with van der Waals surface area (Å²) in [5.74, 6) is -0.951. The van der Waals surface area contributed by atoms with Crippen molar-refractivity contribution >= 4 is 17.6 Å². The molecule has 0 fully saturated rings. The molecular weight excluding hydrogens is 248 g/mol. The Hall–Kier alpha value is -1.69. The average molecular weight is 268 g/mol. The summed E-state index contributed by atoms with van der Waals surface area (Å²) in [6.45, 7) is 2.20. The number of carbonyl (C=O) groups is 3. The molecule has 19 heavy (non-hydrogen) atoms. The molecule has 6 heteroatoms. The summed E-state index contributed by atoms with van der Waals surface area (Å²) < 4.78 is 5.08. The molecule has 0 saturated carbocycles. The fraction of sp³-hybridized carbons (Fsp3) is 0.615. The van der Waals surface area contributed by atoms with E-state index in [2.05, 4.69) is 5.32 Å². The number of ketones is 1. The number of primary amides is 1. The normalized spacial score (nSPS) is 21.3. The molecule has 0 aromatic rings. The van der Waals surface area contributed by atoms with E-state index in [1.807, 2.05) is 12.2 Å². The molecule has 0 spiro atoms. The minimum absolute atomic E-state index is 0.00608. The molecule has 1 heterocycles. The number of carbonyl (C=O) groups excluding carboxylic acids is 3. The predicted molar refractivity (Wildman–Crippen MR) is 69.1 cm³/mol. The highest BCUT2D eigenvalue weighted by Gasteiger charge is 2.21. The Morgan fingerprint density at radius 1 is 1.47 bits per heavy atom. The van der Waals surface area contributed by atoms with Crippen molar-refractivity contribution in [1.29, 1.82) is 0 Å². The van der Waals surface area contributed by atoms with Crippen LogP contribution in [0.25, 0.3) is 0 Å². The molecule has 0 unspecified atom stereocenters. The van der Waals surface area contributed by atoms with Crippen molar-refractivity contribution in [2.75, 3.05) is 13.2 Å². The lowest BCUT2D eigenvalue weighted by molar-refractivity contribution is -0.130. The van der Waals surface area contributed by atoms with Crippen LogP contribution in [-0.4, -0.2) is 36.9 Å². The van der Waals surface area contributed by atoms with Crippen LogP contribution < -0.4 is 11.1 Å². The number of hydrogen-bond acceptors (Lipinski definition) is 4. The Morgan fingerprint density at radius 3 is 2.89 bits per heavy atom. The first-order valence-electron chi connectivity index (χ1n) is 6.32. The second kappa shape index (κ2) is 7.68. The molecule has 1 rings (SSSR count). The van der Waals surface area contributed by atoms with E-state index in [0.717, 1.165) is 0 Å². The van der Waals surface area contributed by atoms with Crippen molar-refractivity contribution in [3.05, 3.63) is 12.2 Å². The van der Waals surface area contributed by atoms with Crippen LogP contribution in [0.5, 0.6) is 0 Å². The predicted octanol–water partition coefficient (Wildman–Crippen LogP) is -0.0816. The van der Waals surface area contributed by atoms with Gasteiger partial charge in [0.25, 0.3) is 0 Å². The van der Waals surface area contributed by atoms with Gasteiger partial charge in [-0.3, -0.25) is 14.4 Å². The highest BCUT2D eigenvalue weighted by Crippen LogP contribution is 2.08. The van der Waals surface area contributed by atoms with E-state index < -0.39 is 11.9 Å². The molecule has 2 amide bonds. The number of nitrogens with one attached hydrogen (secondary N) is 1. The second-order valence-electron chi connectivity index (χ2n) is 4.79. The number of amides is 2. The van der Waals surface area contributed by atoms with E-state index in [4.69, 9.17) is 10.5 Å². The summed E-state index contributed by atoms with van der Waals surface area (Å²) in [4.78, 5) is 34.2. The quantitative estimate of drug-likeness (QED) is 0.681. The zero-order valence-corrected chi connectivity index (χ0v) is 11.1. The van der Waals surface area contributed by atoms with Gasteiger partial charge in [0.05, 0.1) is 12.6 Å². The standard InChI is InChI=1S/C13H20N2O4/c1-9(6-12(14)17)7-13(18)15-10-4-2-3-5-19-8-11(10)16/h2-3,9-10H,4-8H2,1H3,(H2,14,17)(H,15,18)/t9-,10-/m0/s1. The maximum atomic E-state index is 11.8. The average Bonchev–Trinajstić information content (AvgIpc) is 2.27. The van der Waals surface area contributed by atoms with E-state index in [0.29, 0.717) is 13.0 Å². The summed E-state index contributed by atoms with van der Waals surface area (Å²) >= 11 is 0. The fourth-order valence-corrected chi connectivity index (χ4v) is 1.88. The summed E-state index contributed by atoms with van der Waals surface area (Å²) in [5, 5.41) is 2.67. The first-order valence-corrected chi connectivity index (χ1v) is 6.32. The van der Waals surface area contributed by atoms with Gasteiger partial charge in [-0.15, -0.1) is 0 Å². The number of hydrogen-bond donors (Lipinski definition) is 2. The monoisotopic (exact) mass is 268 g/mol. The van der Waals surface area contributed by atoms with Gasteiger partial charge < -0.3 is 15.8 Å². The van der Waals surface area contributed by atoms with Gasteiger partial charge in [-0.2, -0.15) is 0 Å². The van der Waals surface area contributed by atoms with Crippen molar-refractivity contribution in [3.63, 3.8) is 0 Å². The first kappa shape index (κ1) is 15.4. The highest BCUT2D eigenvalue weighted by molar-refractivity contribution is 5.90. The number of rotatable bonds is 5. The van der Waals surface area contributed by atoms with Crippen molar-refractivity contribution < 1.29 is 19.1 Å². The third-order valence-electron chi connectivity index (χ3n) is 2.80. The molecule has 1 aliphatic rings. The van der Waals surface area contributed by atoms with Gasteiger partial charge in [0.2, 0.25) is 11.8 Å². The van der Waals surface area contributed by atoms with Gasteiger partial charge in [0.1, 0.15) is 6.61 Å². The van der Waals surface area contributed by atoms with Crippen molar-refractivity contribution in [1.82, 2.24) is 5.32 Å². The molecule has 0 aromatic heterocycles.